The lowest BCUT2D eigenvalue weighted by Crippen LogP contribution is -2.46. The third kappa shape index (κ3) is 3.14. The molecule has 0 spiro atoms. The monoisotopic (exact) mass is 338 g/mol. The van der Waals surface area contributed by atoms with Gasteiger partial charge in [-0.3, -0.25) is 4.90 Å². The smallest absolute Gasteiger partial charge is 0.226 e. The zero-order chi connectivity index (χ0) is 17.2. The van der Waals surface area contributed by atoms with Crippen molar-refractivity contribution < 1.29 is 8.91 Å². The molecule has 0 radical (unpaired) electrons. The molecule has 2 aromatic heterocycles. The summed E-state index contributed by atoms with van der Waals surface area (Å²) >= 11 is 0. The van der Waals surface area contributed by atoms with Crippen LogP contribution in [0.2, 0.25) is 0 Å². The van der Waals surface area contributed by atoms with Gasteiger partial charge in [0.15, 0.2) is 5.58 Å². The molecule has 0 atom stereocenters. The molecule has 4 rings (SSSR count). The zero-order valence-electron chi connectivity index (χ0n) is 13.4. The van der Waals surface area contributed by atoms with Crippen LogP contribution in [0.15, 0.2) is 35.0 Å². The summed E-state index contributed by atoms with van der Waals surface area (Å²) in [6.07, 6.45) is 1.61. The molecule has 7 nitrogen and oxygen atoms in total. The molecule has 0 saturated carbocycles. The van der Waals surface area contributed by atoms with Crippen LogP contribution in [0.25, 0.3) is 11.0 Å². The number of halogens is 1. The predicted octanol–water partition coefficient (Wildman–Crippen LogP) is 1.95. The average molecular weight is 338 g/mol. The number of rotatable bonds is 3. The fourth-order valence-electron chi connectivity index (χ4n) is 2.96. The molecule has 0 N–H and O–H groups in total. The molecule has 3 heterocycles. The molecule has 1 saturated heterocycles. The van der Waals surface area contributed by atoms with Gasteiger partial charge in [-0.1, -0.05) is 5.16 Å². The van der Waals surface area contributed by atoms with Crippen LogP contribution in [-0.4, -0.2) is 46.2 Å². The quantitative estimate of drug-likeness (QED) is 0.722. The van der Waals surface area contributed by atoms with Crippen molar-refractivity contribution in [2.24, 2.45) is 0 Å². The van der Waals surface area contributed by atoms with E-state index in [1.54, 1.807) is 18.3 Å². The molecule has 0 unspecified atom stereocenters. The lowest BCUT2D eigenvalue weighted by molar-refractivity contribution is 0.242. The van der Waals surface area contributed by atoms with Crippen LogP contribution < -0.4 is 4.90 Å². The standard InChI is InChI=1S/C17H15FN6O/c18-12-1-2-14-15(22-25-16(14)9-12)11-23-5-7-24(8-6-23)17-20-4-3-13(10-19)21-17/h1-4,9H,5-8,11H2. The van der Waals surface area contributed by atoms with Crippen LogP contribution >= 0.6 is 0 Å². The minimum absolute atomic E-state index is 0.330. The maximum atomic E-state index is 13.2. The normalized spacial score (nSPS) is 15.4. The van der Waals surface area contributed by atoms with E-state index in [9.17, 15) is 4.39 Å². The van der Waals surface area contributed by atoms with Crippen molar-refractivity contribution in [3.8, 4) is 6.07 Å². The van der Waals surface area contributed by atoms with Gasteiger partial charge in [0.25, 0.3) is 0 Å². The van der Waals surface area contributed by atoms with Crippen molar-refractivity contribution in [3.63, 3.8) is 0 Å². The van der Waals surface area contributed by atoms with Gasteiger partial charge in [-0.25, -0.2) is 14.4 Å². The molecule has 0 aliphatic carbocycles. The first-order valence-corrected chi connectivity index (χ1v) is 7.97. The van der Waals surface area contributed by atoms with E-state index in [-0.39, 0.29) is 5.82 Å². The Labute approximate surface area is 143 Å². The van der Waals surface area contributed by atoms with Gasteiger partial charge < -0.3 is 9.42 Å². The Kier molecular flexibility index (Phi) is 3.99. The van der Waals surface area contributed by atoms with Crippen molar-refractivity contribution in [3.05, 3.63) is 47.7 Å². The third-order valence-corrected chi connectivity index (χ3v) is 4.29. The number of anilines is 1. The van der Waals surface area contributed by atoms with E-state index < -0.39 is 0 Å². The largest absolute Gasteiger partial charge is 0.356 e. The highest BCUT2D eigenvalue weighted by Gasteiger charge is 2.21. The first-order chi connectivity index (χ1) is 12.2. The average Bonchev–Trinajstić information content (AvgIpc) is 3.04. The van der Waals surface area contributed by atoms with E-state index in [1.807, 2.05) is 6.07 Å². The SMILES string of the molecule is N#Cc1ccnc(N2CCN(Cc3noc4cc(F)ccc34)CC2)n1. The number of nitriles is 1. The summed E-state index contributed by atoms with van der Waals surface area (Å²) in [6, 6.07) is 8.10. The van der Waals surface area contributed by atoms with Crippen LogP contribution in [-0.2, 0) is 6.54 Å². The van der Waals surface area contributed by atoms with Gasteiger partial charge in [0, 0.05) is 50.4 Å². The highest BCUT2D eigenvalue weighted by molar-refractivity contribution is 5.79. The van der Waals surface area contributed by atoms with Crippen molar-refractivity contribution in [2.45, 2.75) is 6.54 Å². The number of hydrogen-bond donors (Lipinski definition) is 0. The Morgan fingerprint density at radius 1 is 1.20 bits per heavy atom. The van der Waals surface area contributed by atoms with Crippen LogP contribution in [0.1, 0.15) is 11.4 Å². The van der Waals surface area contributed by atoms with Gasteiger partial charge in [0.1, 0.15) is 23.3 Å². The summed E-state index contributed by atoms with van der Waals surface area (Å²) < 4.78 is 18.4. The molecule has 3 aromatic rings. The molecule has 0 amide bonds. The number of nitrogens with zero attached hydrogens (tertiary/aromatic N) is 6. The van der Waals surface area contributed by atoms with Crippen LogP contribution in [0.4, 0.5) is 10.3 Å². The minimum atomic E-state index is -0.330. The number of hydrogen-bond acceptors (Lipinski definition) is 7. The summed E-state index contributed by atoms with van der Waals surface area (Å²) in [5.41, 5.74) is 1.65. The van der Waals surface area contributed by atoms with E-state index in [0.717, 1.165) is 37.3 Å². The van der Waals surface area contributed by atoms with Crippen molar-refractivity contribution in [2.75, 3.05) is 31.1 Å². The maximum absolute atomic E-state index is 13.2. The molecule has 1 aromatic carbocycles. The predicted molar refractivity (Wildman–Crippen MR) is 88.2 cm³/mol. The van der Waals surface area contributed by atoms with Gasteiger partial charge >= 0.3 is 0 Å². The van der Waals surface area contributed by atoms with E-state index in [1.165, 1.54) is 12.1 Å². The second-order valence-electron chi connectivity index (χ2n) is 5.89. The van der Waals surface area contributed by atoms with Gasteiger partial charge in [0.05, 0.1) is 0 Å². The summed E-state index contributed by atoms with van der Waals surface area (Å²) in [4.78, 5) is 12.8. The zero-order valence-corrected chi connectivity index (χ0v) is 13.4. The van der Waals surface area contributed by atoms with E-state index in [2.05, 4.69) is 24.9 Å². The Balaban J connectivity index is 1.42. The van der Waals surface area contributed by atoms with Crippen molar-refractivity contribution in [1.82, 2.24) is 20.0 Å². The van der Waals surface area contributed by atoms with E-state index >= 15 is 0 Å². The molecule has 25 heavy (non-hydrogen) atoms. The Morgan fingerprint density at radius 3 is 2.84 bits per heavy atom. The lowest BCUT2D eigenvalue weighted by atomic mass is 10.2. The van der Waals surface area contributed by atoms with Gasteiger partial charge in [-0.2, -0.15) is 5.26 Å². The fraction of sp³-hybridized carbons (Fsp3) is 0.294. The highest BCUT2D eigenvalue weighted by atomic mass is 19.1. The molecule has 1 fully saturated rings. The molecular formula is C17H15FN6O. The topological polar surface area (TPSA) is 82.1 Å². The summed E-state index contributed by atoms with van der Waals surface area (Å²) in [5.74, 6) is 0.254. The van der Waals surface area contributed by atoms with Crippen molar-refractivity contribution in [1.29, 1.82) is 5.26 Å². The fourth-order valence-corrected chi connectivity index (χ4v) is 2.96. The third-order valence-electron chi connectivity index (χ3n) is 4.29. The number of benzene rings is 1. The van der Waals surface area contributed by atoms with Crippen molar-refractivity contribution >= 4 is 16.9 Å². The first kappa shape index (κ1) is 15.5. The second-order valence-corrected chi connectivity index (χ2v) is 5.89. The molecular weight excluding hydrogens is 323 g/mol. The number of piperazine rings is 1. The Bertz CT molecular complexity index is 942. The van der Waals surface area contributed by atoms with E-state index in [0.29, 0.717) is 23.8 Å². The Morgan fingerprint density at radius 2 is 2.04 bits per heavy atom. The van der Waals surface area contributed by atoms with Gasteiger partial charge in [-0.15, -0.1) is 0 Å². The molecule has 1 aliphatic rings. The molecule has 8 heteroatoms. The summed E-state index contributed by atoms with van der Waals surface area (Å²) in [6.45, 7) is 3.80. The molecule has 0 bridgehead atoms. The first-order valence-electron chi connectivity index (χ1n) is 7.97. The van der Waals surface area contributed by atoms with Crippen LogP contribution in [0.3, 0.4) is 0 Å². The van der Waals surface area contributed by atoms with Crippen LogP contribution in [0, 0.1) is 17.1 Å². The summed E-state index contributed by atoms with van der Waals surface area (Å²) in [5, 5.41) is 13.9. The van der Waals surface area contributed by atoms with Gasteiger partial charge in [0.2, 0.25) is 5.95 Å². The summed E-state index contributed by atoms with van der Waals surface area (Å²) in [7, 11) is 0. The Hall–Kier alpha value is -3.05. The minimum Gasteiger partial charge on any atom is -0.356 e. The maximum Gasteiger partial charge on any atom is 0.226 e. The molecule has 1 aliphatic heterocycles. The number of fused-ring (bicyclic) bond motifs is 1. The second kappa shape index (κ2) is 6.45. The van der Waals surface area contributed by atoms with Crippen LogP contribution in [0.5, 0.6) is 0 Å². The number of aromatic nitrogens is 3. The lowest BCUT2D eigenvalue weighted by Gasteiger charge is -2.34. The molecule has 126 valence electrons. The highest BCUT2D eigenvalue weighted by Crippen LogP contribution is 2.21. The van der Waals surface area contributed by atoms with E-state index in [4.69, 9.17) is 9.78 Å². The van der Waals surface area contributed by atoms with Gasteiger partial charge in [-0.05, 0) is 18.2 Å².